The maximum atomic E-state index is 13.6. The van der Waals surface area contributed by atoms with E-state index < -0.39 is 15.8 Å². The van der Waals surface area contributed by atoms with E-state index in [9.17, 15) is 12.8 Å². The van der Waals surface area contributed by atoms with Gasteiger partial charge >= 0.3 is 0 Å². The van der Waals surface area contributed by atoms with Crippen molar-refractivity contribution in [3.05, 3.63) is 41.8 Å². The minimum Gasteiger partial charge on any atom is -0.339 e. The summed E-state index contributed by atoms with van der Waals surface area (Å²) >= 11 is 0. The molecule has 1 unspecified atom stereocenters. The Morgan fingerprint density at radius 1 is 1.44 bits per heavy atom. The van der Waals surface area contributed by atoms with Gasteiger partial charge in [0.25, 0.3) is 0 Å². The molecule has 2 heterocycles. The highest BCUT2D eigenvalue weighted by Crippen LogP contribution is 2.18. The normalized spacial score (nSPS) is 19.2. The molecule has 0 saturated carbocycles. The third kappa shape index (κ3) is 4.21. The van der Waals surface area contributed by atoms with E-state index in [1.54, 1.807) is 0 Å². The highest BCUT2D eigenvalue weighted by molar-refractivity contribution is 7.89. The summed E-state index contributed by atoms with van der Waals surface area (Å²) in [5, 5.41) is 7.24. The first-order chi connectivity index (χ1) is 12.0. The van der Waals surface area contributed by atoms with Crippen molar-refractivity contribution >= 4 is 10.0 Å². The molecule has 1 saturated heterocycles. The van der Waals surface area contributed by atoms with Crippen molar-refractivity contribution < 1.29 is 17.3 Å². The number of halogens is 1. The molecule has 1 fully saturated rings. The Labute approximate surface area is 145 Å². The smallest absolute Gasteiger partial charge is 0.243 e. The van der Waals surface area contributed by atoms with E-state index in [4.69, 9.17) is 4.52 Å². The summed E-state index contributed by atoms with van der Waals surface area (Å²) in [6.07, 6.45) is 0.227. The largest absolute Gasteiger partial charge is 0.339 e. The topological polar surface area (TPSA) is 100 Å². The van der Waals surface area contributed by atoms with Crippen molar-refractivity contribution in [3.8, 4) is 0 Å². The van der Waals surface area contributed by atoms with Gasteiger partial charge in [0.2, 0.25) is 15.9 Å². The Hall–Kier alpha value is -1.88. The number of nitrogens with zero attached hydrogens (tertiary/aromatic N) is 3. The molecule has 10 heteroatoms. The Bertz CT molecular complexity index is 826. The second-order valence-corrected chi connectivity index (χ2v) is 7.56. The zero-order chi connectivity index (χ0) is 17.9. The van der Waals surface area contributed by atoms with Crippen LogP contribution in [0.15, 0.2) is 33.7 Å². The molecule has 0 amide bonds. The number of aromatic nitrogens is 2. The maximum Gasteiger partial charge on any atom is 0.243 e. The van der Waals surface area contributed by atoms with Crippen LogP contribution in [0.4, 0.5) is 4.39 Å². The lowest BCUT2D eigenvalue weighted by molar-refractivity contribution is 0.190. The highest BCUT2D eigenvalue weighted by atomic mass is 32.2. The summed E-state index contributed by atoms with van der Waals surface area (Å²) in [6, 6.07) is 5.26. The van der Waals surface area contributed by atoms with E-state index >= 15 is 0 Å². The summed E-state index contributed by atoms with van der Waals surface area (Å²) in [4.78, 5) is 6.08. The number of nitrogens with one attached hydrogen (secondary N) is 2. The fourth-order valence-corrected chi connectivity index (χ4v) is 3.74. The average molecular weight is 369 g/mol. The third-order valence-electron chi connectivity index (χ3n) is 4.05. The molecule has 1 aromatic heterocycles. The van der Waals surface area contributed by atoms with Gasteiger partial charge in [-0.15, -0.1) is 0 Å². The van der Waals surface area contributed by atoms with Crippen LogP contribution in [0.5, 0.6) is 0 Å². The van der Waals surface area contributed by atoms with E-state index in [0.29, 0.717) is 11.7 Å². The molecule has 1 aliphatic rings. The number of benzene rings is 1. The summed E-state index contributed by atoms with van der Waals surface area (Å²) in [7, 11) is -1.93. The van der Waals surface area contributed by atoms with Gasteiger partial charge in [0.15, 0.2) is 5.82 Å². The molecule has 1 atom stereocenters. The molecule has 1 aromatic carbocycles. The summed E-state index contributed by atoms with van der Waals surface area (Å²) in [5.74, 6) is 0.120. The lowest BCUT2D eigenvalue weighted by Crippen LogP contribution is -2.44. The van der Waals surface area contributed by atoms with Crippen molar-refractivity contribution in [1.29, 1.82) is 0 Å². The quantitative estimate of drug-likeness (QED) is 0.756. The van der Waals surface area contributed by atoms with Crippen LogP contribution in [0.25, 0.3) is 0 Å². The van der Waals surface area contributed by atoms with E-state index in [1.165, 1.54) is 18.2 Å². The number of rotatable bonds is 6. The Kier molecular flexibility index (Phi) is 5.42. The number of piperazine rings is 1. The van der Waals surface area contributed by atoms with Crippen LogP contribution in [-0.4, -0.2) is 56.7 Å². The number of hydrogen-bond donors (Lipinski definition) is 2. The molecule has 136 valence electrons. The molecule has 3 rings (SSSR count). The summed E-state index contributed by atoms with van der Waals surface area (Å²) in [6.45, 7) is 2.57. The van der Waals surface area contributed by atoms with Gasteiger partial charge in [-0.3, -0.25) is 4.90 Å². The zero-order valence-corrected chi connectivity index (χ0v) is 14.6. The predicted octanol–water partition coefficient (Wildman–Crippen LogP) is 0.306. The van der Waals surface area contributed by atoms with Crippen molar-refractivity contribution in [2.45, 2.75) is 17.4 Å². The molecule has 1 aliphatic heterocycles. The molecular weight excluding hydrogens is 349 g/mol. The molecule has 0 bridgehead atoms. The van der Waals surface area contributed by atoms with Crippen LogP contribution in [0.3, 0.4) is 0 Å². The van der Waals surface area contributed by atoms with Crippen LogP contribution in [0.2, 0.25) is 0 Å². The maximum absolute atomic E-state index is 13.6. The van der Waals surface area contributed by atoms with E-state index in [-0.39, 0.29) is 23.9 Å². The number of sulfonamides is 1. The van der Waals surface area contributed by atoms with Gasteiger partial charge in [-0.2, -0.15) is 4.98 Å². The minimum absolute atomic E-state index is 0.0290. The molecule has 8 nitrogen and oxygen atoms in total. The van der Waals surface area contributed by atoms with Gasteiger partial charge in [0, 0.05) is 32.6 Å². The second-order valence-electron chi connectivity index (χ2n) is 5.83. The number of likely N-dealkylation sites (N-methyl/N-ethyl adjacent to an activating group) is 1. The monoisotopic (exact) mass is 369 g/mol. The lowest BCUT2D eigenvalue weighted by Gasteiger charge is -2.30. The van der Waals surface area contributed by atoms with Crippen molar-refractivity contribution in [1.82, 2.24) is 25.1 Å². The molecule has 0 spiro atoms. The molecule has 2 aromatic rings. The standard InChI is InChI=1S/C15H20FN5O3S/c1-21-9-8-17-10-12(21)15-19-14(24-20-15)6-7-18-25(22,23)13-5-3-2-4-11(13)16/h2-5,12,17-18H,6-10H2,1H3. The molecule has 0 aliphatic carbocycles. The minimum atomic E-state index is -3.92. The van der Waals surface area contributed by atoms with Gasteiger partial charge in [-0.05, 0) is 19.2 Å². The van der Waals surface area contributed by atoms with Crippen molar-refractivity contribution in [3.63, 3.8) is 0 Å². The number of hydrogen-bond acceptors (Lipinski definition) is 7. The average Bonchev–Trinajstić information content (AvgIpc) is 3.04. The molecule has 2 N–H and O–H groups in total. The van der Waals surface area contributed by atoms with Gasteiger partial charge < -0.3 is 9.84 Å². The highest BCUT2D eigenvalue weighted by Gasteiger charge is 2.25. The van der Waals surface area contributed by atoms with Gasteiger partial charge in [0.1, 0.15) is 10.7 Å². The molecule has 25 heavy (non-hydrogen) atoms. The Balaban J connectivity index is 1.58. The Morgan fingerprint density at radius 3 is 3.00 bits per heavy atom. The van der Waals surface area contributed by atoms with E-state index in [1.807, 2.05) is 7.05 Å². The van der Waals surface area contributed by atoms with E-state index in [0.717, 1.165) is 25.7 Å². The third-order valence-corrected chi connectivity index (χ3v) is 5.54. The first-order valence-corrected chi connectivity index (χ1v) is 9.43. The van der Waals surface area contributed by atoms with Crippen LogP contribution in [0, 0.1) is 5.82 Å². The van der Waals surface area contributed by atoms with Crippen LogP contribution < -0.4 is 10.0 Å². The first-order valence-electron chi connectivity index (χ1n) is 7.95. The summed E-state index contributed by atoms with van der Waals surface area (Å²) in [5.41, 5.74) is 0. The SMILES string of the molecule is CN1CCNCC1c1noc(CCNS(=O)(=O)c2ccccc2F)n1. The van der Waals surface area contributed by atoms with Crippen LogP contribution >= 0.6 is 0 Å². The van der Waals surface area contributed by atoms with Crippen molar-refractivity contribution in [2.24, 2.45) is 0 Å². The molecular formula is C15H20FN5O3S. The fourth-order valence-electron chi connectivity index (χ4n) is 2.63. The second kappa shape index (κ2) is 7.56. The van der Waals surface area contributed by atoms with Crippen molar-refractivity contribution in [2.75, 3.05) is 33.2 Å². The van der Waals surface area contributed by atoms with E-state index in [2.05, 4.69) is 25.1 Å². The first kappa shape index (κ1) is 17.9. The van der Waals surface area contributed by atoms with Gasteiger partial charge in [-0.25, -0.2) is 17.5 Å². The van der Waals surface area contributed by atoms with Gasteiger partial charge in [0.05, 0.1) is 6.04 Å². The molecule has 0 radical (unpaired) electrons. The predicted molar refractivity (Wildman–Crippen MR) is 87.8 cm³/mol. The van der Waals surface area contributed by atoms with Gasteiger partial charge in [-0.1, -0.05) is 17.3 Å². The Morgan fingerprint density at radius 2 is 2.24 bits per heavy atom. The zero-order valence-electron chi connectivity index (χ0n) is 13.8. The lowest BCUT2D eigenvalue weighted by atomic mass is 10.2. The van der Waals surface area contributed by atoms with Crippen LogP contribution in [-0.2, 0) is 16.4 Å². The summed E-state index contributed by atoms with van der Waals surface area (Å²) < 4.78 is 45.4. The van der Waals surface area contributed by atoms with Crippen LogP contribution in [0.1, 0.15) is 17.8 Å². The fraction of sp³-hybridized carbons (Fsp3) is 0.467.